The zero-order chi connectivity index (χ0) is 18.2. The van der Waals surface area contributed by atoms with Crippen molar-refractivity contribution in [3.63, 3.8) is 0 Å². The van der Waals surface area contributed by atoms with Crippen molar-refractivity contribution in [3.8, 4) is 11.3 Å². The predicted molar refractivity (Wildman–Crippen MR) is 98.7 cm³/mol. The highest BCUT2D eigenvalue weighted by atomic mass is 32.2. The molecule has 0 amide bonds. The highest BCUT2D eigenvalue weighted by Crippen LogP contribution is 2.34. The number of benzene rings is 1. The first kappa shape index (κ1) is 18.0. The standard InChI is InChI=1S/C19H25NO4S/c1-13(2)25(21,22)19-8-7-16(10-17(19)18-6-5-9-23-18)20-11-14(3)24-15(4)12-20/h5-10,13-15H,11-12H2,1-4H3. The molecular formula is C19H25NO4S. The summed E-state index contributed by atoms with van der Waals surface area (Å²) in [6.45, 7) is 9.04. The van der Waals surface area contributed by atoms with E-state index in [-0.39, 0.29) is 12.2 Å². The Balaban J connectivity index is 2.08. The van der Waals surface area contributed by atoms with Gasteiger partial charge in [-0.1, -0.05) is 0 Å². The Morgan fingerprint density at radius 1 is 1.12 bits per heavy atom. The fourth-order valence-electron chi connectivity index (χ4n) is 3.23. The van der Waals surface area contributed by atoms with E-state index in [9.17, 15) is 8.42 Å². The minimum Gasteiger partial charge on any atom is -0.464 e. The van der Waals surface area contributed by atoms with Crippen molar-refractivity contribution < 1.29 is 17.6 Å². The summed E-state index contributed by atoms with van der Waals surface area (Å²) in [5, 5.41) is -0.490. The summed E-state index contributed by atoms with van der Waals surface area (Å²) in [6.07, 6.45) is 1.83. The van der Waals surface area contributed by atoms with Gasteiger partial charge in [-0.15, -0.1) is 0 Å². The first-order chi connectivity index (χ1) is 11.8. The molecule has 1 saturated heterocycles. The summed E-state index contributed by atoms with van der Waals surface area (Å²) in [5.74, 6) is 0.565. The van der Waals surface area contributed by atoms with Gasteiger partial charge in [-0.05, 0) is 58.0 Å². The van der Waals surface area contributed by atoms with Gasteiger partial charge < -0.3 is 14.1 Å². The number of hydrogen-bond acceptors (Lipinski definition) is 5. The van der Waals surface area contributed by atoms with Crippen molar-refractivity contribution in [2.75, 3.05) is 18.0 Å². The van der Waals surface area contributed by atoms with Gasteiger partial charge in [-0.2, -0.15) is 0 Å². The van der Waals surface area contributed by atoms with E-state index in [1.165, 1.54) is 0 Å². The minimum atomic E-state index is -3.41. The number of morpholine rings is 1. The highest BCUT2D eigenvalue weighted by Gasteiger charge is 2.27. The predicted octanol–water partition coefficient (Wildman–Crippen LogP) is 3.74. The Labute approximate surface area is 149 Å². The maximum Gasteiger partial charge on any atom is 0.181 e. The second kappa shape index (κ2) is 6.84. The zero-order valence-electron chi connectivity index (χ0n) is 15.1. The second-order valence-corrected chi connectivity index (χ2v) is 9.39. The first-order valence-electron chi connectivity index (χ1n) is 8.61. The van der Waals surface area contributed by atoms with Crippen molar-refractivity contribution in [2.45, 2.75) is 50.0 Å². The maximum atomic E-state index is 12.8. The van der Waals surface area contributed by atoms with Crippen LogP contribution >= 0.6 is 0 Å². The topological polar surface area (TPSA) is 59.8 Å². The van der Waals surface area contributed by atoms with Crippen molar-refractivity contribution in [1.29, 1.82) is 0 Å². The van der Waals surface area contributed by atoms with E-state index in [0.717, 1.165) is 18.8 Å². The number of furan rings is 1. The van der Waals surface area contributed by atoms with Gasteiger partial charge in [0.1, 0.15) is 5.76 Å². The summed E-state index contributed by atoms with van der Waals surface area (Å²) in [4.78, 5) is 2.55. The lowest BCUT2D eigenvalue weighted by molar-refractivity contribution is -0.00521. The molecule has 2 aromatic rings. The summed E-state index contributed by atoms with van der Waals surface area (Å²) < 4.78 is 36.8. The van der Waals surface area contributed by atoms with Gasteiger partial charge >= 0.3 is 0 Å². The highest BCUT2D eigenvalue weighted by molar-refractivity contribution is 7.92. The van der Waals surface area contributed by atoms with Gasteiger partial charge in [0.25, 0.3) is 0 Å². The van der Waals surface area contributed by atoms with E-state index in [1.807, 2.05) is 26.0 Å². The van der Waals surface area contributed by atoms with Crippen LogP contribution in [0.1, 0.15) is 27.7 Å². The number of rotatable bonds is 4. The quantitative estimate of drug-likeness (QED) is 0.828. The average molecular weight is 363 g/mol. The Kier molecular flexibility index (Phi) is 4.93. The van der Waals surface area contributed by atoms with Crippen molar-refractivity contribution in [3.05, 3.63) is 36.6 Å². The SMILES string of the molecule is CC1CN(c2ccc(S(=O)(=O)C(C)C)c(-c3ccco3)c2)CC(C)O1. The third-order valence-corrected chi connectivity index (χ3v) is 6.67. The molecule has 0 aliphatic carbocycles. The molecule has 0 spiro atoms. The van der Waals surface area contributed by atoms with Crippen molar-refractivity contribution in [1.82, 2.24) is 0 Å². The largest absolute Gasteiger partial charge is 0.464 e. The van der Waals surface area contributed by atoms with Crippen molar-refractivity contribution in [2.24, 2.45) is 0 Å². The Morgan fingerprint density at radius 3 is 2.36 bits per heavy atom. The molecule has 0 saturated carbocycles. The zero-order valence-corrected chi connectivity index (χ0v) is 15.9. The molecular weight excluding hydrogens is 338 g/mol. The molecule has 0 bridgehead atoms. The molecule has 2 unspecified atom stereocenters. The third-order valence-electron chi connectivity index (χ3n) is 4.46. The molecule has 25 heavy (non-hydrogen) atoms. The van der Waals surface area contributed by atoms with Crippen LogP contribution in [-0.2, 0) is 14.6 Å². The van der Waals surface area contributed by atoms with Gasteiger partial charge in [0.2, 0.25) is 0 Å². The summed E-state index contributed by atoms with van der Waals surface area (Å²) in [7, 11) is -3.41. The van der Waals surface area contributed by atoms with Crippen LogP contribution in [0.3, 0.4) is 0 Å². The van der Waals surface area contributed by atoms with E-state index in [4.69, 9.17) is 9.15 Å². The molecule has 0 radical (unpaired) electrons. The molecule has 0 N–H and O–H groups in total. The van der Waals surface area contributed by atoms with Gasteiger partial charge in [-0.3, -0.25) is 0 Å². The normalized spacial score (nSPS) is 21.7. The fraction of sp³-hybridized carbons (Fsp3) is 0.474. The van der Waals surface area contributed by atoms with E-state index in [2.05, 4.69) is 4.90 Å². The number of hydrogen-bond donors (Lipinski definition) is 0. The maximum absolute atomic E-state index is 12.8. The fourth-order valence-corrected chi connectivity index (χ4v) is 4.46. The lowest BCUT2D eigenvalue weighted by Crippen LogP contribution is -2.45. The molecule has 5 nitrogen and oxygen atoms in total. The molecule has 2 heterocycles. The van der Waals surface area contributed by atoms with Gasteiger partial charge in [0.05, 0.1) is 28.6 Å². The van der Waals surface area contributed by atoms with Crippen LogP contribution in [-0.4, -0.2) is 39.0 Å². The Bertz CT molecular complexity index is 817. The van der Waals surface area contributed by atoms with Crippen LogP contribution in [0.15, 0.2) is 45.9 Å². The van der Waals surface area contributed by atoms with Crippen LogP contribution < -0.4 is 4.90 Å². The van der Waals surface area contributed by atoms with Crippen LogP contribution in [0.4, 0.5) is 5.69 Å². The van der Waals surface area contributed by atoms with E-state index < -0.39 is 15.1 Å². The van der Waals surface area contributed by atoms with Crippen LogP contribution in [0.25, 0.3) is 11.3 Å². The molecule has 2 atom stereocenters. The van der Waals surface area contributed by atoms with E-state index >= 15 is 0 Å². The molecule has 1 aliphatic rings. The minimum absolute atomic E-state index is 0.134. The van der Waals surface area contributed by atoms with Crippen LogP contribution in [0, 0.1) is 0 Å². The molecule has 6 heteroatoms. The van der Waals surface area contributed by atoms with Gasteiger partial charge in [0, 0.05) is 24.3 Å². The Morgan fingerprint density at radius 2 is 1.80 bits per heavy atom. The molecule has 3 rings (SSSR count). The van der Waals surface area contributed by atoms with Crippen molar-refractivity contribution >= 4 is 15.5 Å². The van der Waals surface area contributed by atoms with E-state index in [1.54, 1.807) is 38.3 Å². The second-order valence-electron chi connectivity index (χ2n) is 6.91. The Hall–Kier alpha value is -1.79. The number of ether oxygens (including phenoxy) is 1. The number of anilines is 1. The lowest BCUT2D eigenvalue weighted by Gasteiger charge is -2.37. The molecule has 1 aromatic heterocycles. The van der Waals surface area contributed by atoms with Crippen LogP contribution in [0.2, 0.25) is 0 Å². The van der Waals surface area contributed by atoms with E-state index in [0.29, 0.717) is 16.2 Å². The monoisotopic (exact) mass is 363 g/mol. The summed E-state index contributed by atoms with van der Waals surface area (Å²) in [5.41, 5.74) is 1.60. The lowest BCUT2D eigenvalue weighted by atomic mass is 10.1. The molecule has 136 valence electrons. The smallest absolute Gasteiger partial charge is 0.181 e. The van der Waals surface area contributed by atoms with Crippen LogP contribution in [0.5, 0.6) is 0 Å². The van der Waals surface area contributed by atoms with Gasteiger partial charge in [-0.25, -0.2) is 8.42 Å². The molecule has 1 fully saturated rings. The third kappa shape index (κ3) is 3.60. The summed E-state index contributed by atoms with van der Waals surface area (Å²) >= 11 is 0. The summed E-state index contributed by atoms with van der Waals surface area (Å²) in [6, 6.07) is 9.06. The average Bonchev–Trinajstić information content (AvgIpc) is 3.07. The van der Waals surface area contributed by atoms with Gasteiger partial charge in [0.15, 0.2) is 9.84 Å². The first-order valence-corrected chi connectivity index (χ1v) is 10.2. The molecule has 1 aromatic carbocycles. The number of nitrogens with zero attached hydrogens (tertiary/aromatic N) is 1. The molecule has 1 aliphatic heterocycles. The number of sulfone groups is 1.